The maximum Gasteiger partial charge on any atom is 0.341 e. The van der Waals surface area contributed by atoms with Gasteiger partial charge in [0.15, 0.2) is 6.10 Å². The summed E-state index contributed by atoms with van der Waals surface area (Å²) < 4.78 is 5.34. The summed E-state index contributed by atoms with van der Waals surface area (Å²) in [5.41, 5.74) is 0.0565. The van der Waals surface area contributed by atoms with E-state index in [2.05, 4.69) is 21.6 Å². The van der Waals surface area contributed by atoms with Gasteiger partial charge in [-0.1, -0.05) is 31.4 Å². The average molecular weight is 420 g/mol. The van der Waals surface area contributed by atoms with Gasteiger partial charge in [-0.25, -0.2) is 4.79 Å². The lowest BCUT2D eigenvalue weighted by atomic mass is 9.83. The highest BCUT2D eigenvalue weighted by Gasteiger charge is 2.35. The molecule has 2 aromatic rings. The summed E-state index contributed by atoms with van der Waals surface area (Å²) in [7, 11) is 0. The molecule has 0 heterocycles. The van der Waals surface area contributed by atoms with E-state index in [0.717, 1.165) is 19.3 Å². The molecular weight excluding hydrogens is 396 g/mol. The zero-order chi connectivity index (χ0) is 22.3. The second kappa shape index (κ2) is 9.85. The number of rotatable bonds is 6. The van der Waals surface area contributed by atoms with Gasteiger partial charge in [0.2, 0.25) is 0 Å². The lowest BCUT2D eigenvalue weighted by Gasteiger charge is -2.32. The van der Waals surface area contributed by atoms with Crippen LogP contribution in [0.4, 0.5) is 11.4 Å². The van der Waals surface area contributed by atoms with Crippen LogP contribution in [-0.4, -0.2) is 28.6 Å². The van der Waals surface area contributed by atoms with Crippen LogP contribution in [0.1, 0.15) is 49.4 Å². The summed E-state index contributed by atoms with van der Waals surface area (Å²) in [5, 5.41) is 29.8. The van der Waals surface area contributed by atoms with E-state index in [1.54, 1.807) is 30.3 Å². The van der Waals surface area contributed by atoms with Gasteiger partial charge in [0.05, 0.1) is 17.3 Å². The maximum absolute atomic E-state index is 12.7. The van der Waals surface area contributed by atoms with E-state index in [1.807, 2.05) is 0 Å². The van der Waals surface area contributed by atoms with Gasteiger partial charge >= 0.3 is 5.97 Å². The van der Waals surface area contributed by atoms with Crippen LogP contribution in [0.2, 0.25) is 0 Å². The van der Waals surface area contributed by atoms with Crippen molar-refractivity contribution in [3.63, 3.8) is 0 Å². The lowest BCUT2D eigenvalue weighted by molar-refractivity contribution is -0.130. The number of benzene rings is 2. The number of ether oxygens (including phenoxy) is 1. The highest BCUT2D eigenvalue weighted by atomic mass is 16.5. The van der Waals surface area contributed by atoms with Crippen LogP contribution in [-0.2, 0) is 9.53 Å². The summed E-state index contributed by atoms with van der Waals surface area (Å²) in [6.45, 7) is 1.47. The van der Waals surface area contributed by atoms with E-state index < -0.39 is 23.5 Å². The highest BCUT2D eigenvalue weighted by molar-refractivity contribution is 5.96. The van der Waals surface area contributed by atoms with Crippen molar-refractivity contribution in [2.45, 2.75) is 50.7 Å². The van der Waals surface area contributed by atoms with Crippen LogP contribution in [0.25, 0.3) is 0 Å². The molecule has 2 N–H and O–H groups in total. The summed E-state index contributed by atoms with van der Waals surface area (Å²) in [6.07, 6.45) is 2.91. The van der Waals surface area contributed by atoms with Crippen molar-refractivity contribution in [1.29, 1.82) is 5.26 Å². The maximum atomic E-state index is 12.7. The van der Waals surface area contributed by atoms with Gasteiger partial charge in [-0.05, 0) is 56.2 Å². The third kappa shape index (κ3) is 5.66. The normalized spacial score (nSPS) is 16.3. The third-order valence-electron chi connectivity index (χ3n) is 5.18. The van der Waals surface area contributed by atoms with Gasteiger partial charge in [-0.3, -0.25) is 4.79 Å². The number of phenolic OH excluding ortho intramolecular Hbond substituents is 1. The number of hydrogen-bond donors (Lipinski definition) is 2. The smallest absolute Gasteiger partial charge is 0.341 e. The van der Waals surface area contributed by atoms with Crippen molar-refractivity contribution in [2.24, 2.45) is 10.2 Å². The average Bonchev–Trinajstić information content (AvgIpc) is 2.79. The van der Waals surface area contributed by atoms with Crippen LogP contribution < -0.4 is 5.32 Å². The van der Waals surface area contributed by atoms with Gasteiger partial charge in [-0.2, -0.15) is 10.4 Å². The number of nitriles is 1. The zero-order valence-electron chi connectivity index (χ0n) is 17.2. The second-order valence-corrected chi connectivity index (χ2v) is 7.52. The molecule has 8 heteroatoms. The molecule has 1 atom stereocenters. The van der Waals surface area contributed by atoms with E-state index in [0.29, 0.717) is 18.5 Å². The van der Waals surface area contributed by atoms with Crippen molar-refractivity contribution in [3.05, 3.63) is 54.1 Å². The van der Waals surface area contributed by atoms with Crippen molar-refractivity contribution < 1.29 is 19.4 Å². The fourth-order valence-corrected chi connectivity index (χ4v) is 3.40. The molecule has 0 aromatic heterocycles. The minimum atomic E-state index is -1.07. The molecule has 160 valence electrons. The number of esters is 1. The zero-order valence-corrected chi connectivity index (χ0v) is 17.2. The first kappa shape index (κ1) is 22.0. The SMILES string of the molecule is C[C@@H](OC(=O)c1ccccc1N=Nc1ccc(O)cc1)C(=O)NC1(C#N)CCCCC1. The first-order chi connectivity index (χ1) is 14.9. The lowest BCUT2D eigenvalue weighted by Crippen LogP contribution is -2.52. The molecule has 0 unspecified atom stereocenters. The number of nitrogens with zero attached hydrogens (tertiary/aromatic N) is 3. The van der Waals surface area contributed by atoms with Crippen molar-refractivity contribution in [2.75, 3.05) is 0 Å². The van der Waals surface area contributed by atoms with E-state index >= 15 is 0 Å². The predicted octanol–water partition coefficient (Wildman–Crippen LogP) is 4.70. The first-order valence-electron chi connectivity index (χ1n) is 10.2. The Labute approximate surface area is 180 Å². The van der Waals surface area contributed by atoms with Crippen LogP contribution >= 0.6 is 0 Å². The Morgan fingerprint density at radius 2 is 1.77 bits per heavy atom. The Hall–Kier alpha value is -3.73. The topological polar surface area (TPSA) is 124 Å². The molecule has 0 spiro atoms. The Morgan fingerprint density at radius 3 is 2.45 bits per heavy atom. The molecule has 0 radical (unpaired) electrons. The number of nitrogens with one attached hydrogen (secondary N) is 1. The number of phenols is 1. The van der Waals surface area contributed by atoms with Gasteiger partial charge in [-0.15, -0.1) is 5.11 Å². The van der Waals surface area contributed by atoms with Crippen molar-refractivity contribution in [1.82, 2.24) is 5.32 Å². The molecule has 0 bridgehead atoms. The quantitative estimate of drug-likeness (QED) is 0.518. The Bertz CT molecular complexity index is 1000. The molecule has 1 amide bonds. The van der Waals surface area contributed by atoms with E-state index in [4.69, 9.17) is 4.74 Å². The molecule has 0 saturated heterocycles. The standard InChI is InChI=1S/C23H24N4O4/c1-16(21(29)25-23(15-24)13-5-2-6-14-23)31-22(30)19-7-3-4-8-20(19)27-26-17-9-11-18(28)12-10-17/h3-4,7-12,16,28H,2,5-6,13-14H2,1H3,(H,25,29)/t16-/m1/s1. The minimum absolute atomic E-state index is 0.113. The van der Waals surface area contributed by atoms with E-state index in [1.165, 1.54) is 25.1 Å². The monoisotopic (exact) mass is 420 g/mol. The van der Waals surface area contributed by atoms with Gasteiger partial charge in [0, 0.05) is 0 Å². The van der Waals surface area contributed by atoms with Gasteiger partial charge in [0.1, 0.15) is 17.0 Å². The van der Waals surface area contributed by atoms with Crippen LogP contribution in [0.15, 0.2) is 58.8 Å². The molecule has 1 saturated carbocycles. The van der Waals surface area contributed by atoms with Crippen LogP contribution in [0, 0.1) is 11.3 Å². The fraction of sp³-hybridized carbons (Fsp3) is 0.348. The van der Waals surface area contributed by atoms with E-state index in [9.17, 15) is 20.0 Å². The van der Waals surface area contributed by atoms with Crippen LogP contribution in [0.3, 0.4) is 0 Å². The summed E-state index contributed by atoms with van der Waals surface area (Å²) in [5.74, 6) is -1.10. The highest BCUT2D eigenvalue weighted by Crippen LogP contribution is 2.28. The first-order valence-corrected chi connectivity index (χ1v) is 10.2. The molecule has 0 aliphatic heterocycles. The van der Waals surface area contributed by atoms with E-state index in [-0.39, 0.29) is 17.0 Å². The number of carbonyl (C=O) groups excluding carboxylic acids is 2. The molecule has 3 rings (SSSR count). The molecule has 8 nitrogen and oxygen atoms in total. The Kier molecular flexibility index (Phi) is 6.98. The Balaban J connectivity index is 1.68. The largest absolute Gasteiger partial charge is 0.508 e. The minimum Gasteiger partial charge on any atom is -0.508 e. The third-order valence-corrected chi connectivity index (χ3v) is 5.18. The number of hydrogen-bond acceptors (Lipinski definition) is 7. The molecule has 31 heavy (non-hydrogen) atoms. The van der Waals surface area contributed by atoms with Crippen LogP contribution in [0.5, 0.6) is 5.75 Å². The molecule has 1 fully saturated rings. The van der Waals surface area contributed by atoms with Gasteiger partial charge < -0.3 is 15.2 Å². The van der Waals surface area contributed by atoms with Gasteiger partial charge in [0.25, 0.3) is 5.91 Å². The predicted molar refractivity (Wildman–Crippen MR) is 113 cm³/mol. The fourth-order valence-electron chi connectivity index (χ4n) is 3.40. The molecule has 2 aromatic carbocycles. The molecule has 1 aliphatic carbocycles. The number of aromatic hydroxyl groups is 1. The van der Waals surface area contributed by atoms with Crippen molar-refractivity contribution >= 4 is 23.3 Å². The second-order valence-electron chi connectivity index (χ2n) is 7.52. The molecular formula is C23H24N4O4. The number of carbonyl (C=O) groups is 2. The molecule has 1 aliphatic rings. The van der Waals surface area contributed by atoms with Crippen molar-refractivity contribution in [3.8, 4) is 11.8 Å². The Morgan fingerprint density at radius 1 is 1.10 bits per heavy atom. The summed E-state index contributed by atoms with van der Waals surface area (Å²) in [6, 6.07) is 14.9. The number of azo groups is 1. The summed E-state index contributed by atoms with van der Waals surface area (Å²) >= 11 is 0. The summed E-state index contributed by atoms with van der Waals surface area (Å²) in [4.78, 5) is 25.2. The number of amides is 1.